The summed E-state index contributed by atoms with van der Waals surface area (Å²) in [5.41, 5.74) is 5.48. The number of hydrogen-bond donors (Lipinski definition) is 1. The van der Waals surface area contributed by atoms with Crippen LogP contribution in [0.1, 0.15) is 12.8 Å². The minimum Gasteiger partial charge on any atom is -0.330 e. The molecule has 0 saturated heterocycles. The molecular formula is C7H16N2. The summed E-state index contributed by atoms with van der Waals surface area (Å²) in [4.78, 5) is 2.28. The second-order valence-corrected chi connectivity index (χ2v) is 3.19. The fourth-order valence-electron chi connectivity index (χ4n) is 1.31. The number of rotatable bonds is 2. The van der Waals surface area contributed by atoms with E-state index in [1.54, 1.807) is 0 Å². The molecule has 0 aromatic heterocycles. The highest BCUT2D eigenvalue weighted by molar-refractivity contribution is 4.84. The molecule has 54 valence electrons. The van der Waals surface area contributed by atoms with E-state index in [1.165, 1.54) is 12.8 Å². The predicted octanol–water partition coefficient (Wildman–Crippen LogP) is 0.285. The van der Waals surface area contributed by atoms with Crippen LogP contribution in [0, 0.1) is 5.92 Å². The van der Waals surface area contributed by atoms with Gasteiger partial charge >= 0.3 is 0 Å². The van der Waals surface area contributed by atoms with Crippen molar-refractivity contribution in [3.63, 3.8) is 0 Å². The average Bonchev–Trinajstić information content (AvgIpc) is 1.61. The minimum atomic E-state index is 0.817. The lowest BCUT2D eigenvalue weighted by atomic mass is 9.80. The van der Waals surface area contributed by atoms with Crippen molar-refractivity contribution in [2.45, 2.75) is 18.9 Å². The first-order valence-electron chi connectivity index (χ1n) is 3.60. The van der Waals surface area contributed by atoms with E-state index in [0.29, 0.717) is 0 Å². The van der Waals surface area contributed by atoms with E-state index in [1.807, 2.05) is 0 Å². The molecule has 0 atom stereocenters. The Morgan fingerprint density at radius 2 is 2.00 bits per heavy atom. The van der Waals surface area contributed by atoms with Gasteiger partial charge in [0.1, 0.15) is 0 Å². The largest absolute Gasteiger partial charge is 0.330 e. The average molecular weight is 128 g/mol. The van der Waals surface area contributed by atoms with E-state index in [2.05, 4.69) is 19.0 Å². The van der Waals surface area contributed by atoms with E-state index in [0.717, 1.165) is 18.5 Å². The highest BCUT2D eigenvalue weighted by Gasteiger charge is 2.28. The van der Waals surface area contributed by atoms with Gasteiger partial charge in [0.2, 0.25) is 0 Å². The monoisotopic (exact) mass is 128 g/mol. The van der Waals surface area contributed by atoms with Crippen LogP contribution in [0.4, 0.5) is 0 Å². The molecule has 0 unspecified atom stereocenters. The van der Waals surface area contributed by atoms with E-state index in [9.17, 15) is 0 Å². The van der Waals surface area contributed by atoms with Gasteiger partial charge in [-0.1, -0.05) is 0 Å². The molecule has 1 fully saturated rings. The molecule has 1 aliphatic rings. The summed E-state index contributed by atoms with van der Waals surface area (Å²) in [7, 11) is 4.27. The third kappa shape index (κ3) is 1.43. The molecule has 2 N–H and O–H groups in total. The summed E-state index contributed by atoms with van der Waals surface area (Å²) >= 11 is 0. The van der Waals surface area contributed by atoms with Gasteiger partial charge in [-0.2, -0.15) is 0 Å². The first-order valence-corrected chi connectivity index (χ1v) is 3.60. The highest BCUT2D eigenvalue weighted by atomic mass is 15.1. The number of hydrogen-bond acceptors (Lipinski definition) is 2. The zero-order valence-corrected chi connectivity index (χ0v) is 6.30. The number of nitrogens with zero attached hydrogens (tertiary/aromatic N) is 1. The molecule has 0 heterocycles. The second-order valence-electron chi connectivity index (χ2n) is 3.19. The molecule has 1 rings (SSSR count). The van der Waals surface area contributed by atoms with Gasteiger partial charge in [-0.3, -0.25) is 0 Å². The zero-order chi connectivity index (χ0) is 6.85. The summed E-state index contributed by atoms with van der Waals surface area (Å²) < 4.78 is 0. The van der Waals surface area contributed by atoms with Crippen LogP contribution in [-0.4, -0.2) is 31.6 Å². The Morgan fingerprint density at radius 1 is 1.44 bits per heavy atom. The predicted molar refractivity (Wildman–Crippen MR) is 39.3 cm³/mol. The van der Waals surface area contributed by atoms with Crippen LogP contribution >= 0.6 is 0 Å². The molecule has 0 amide bonds. The minimum absolute atomic E-state index is 0.817. The van der Waals surface area contributed by atoms with E-state index in [4.69, 9.17) is 5.73 Å². The van der Waals surface area contributed by atoms with Gasteiger partial charge in [-0.05, 0) is 39.4 Å². The van der Waals surface area contributed by atoms with E-state index < -0.39 is 0 Å². The molecule has 0 spiro atoms. The molecule has 2 nitrogen and oxygen atoms in total. The summed E-state index contributed by atoms with van der Waals surface area (Å²) in [6.07, 6.45) is 2.62. The fraction of sp³-hybridized carbons (Fsp3) is 1.00. The first-order chi connectivity index (χ1) is 4.24. The standard InChI is InChI=1S/C7H16N2/c1-9(2)7-3-6(4-7)5-8/h6-7H,3-5,8H2,1-2H3. The Hall–Kier alpha value is -0.0800. The molecule has 0 radical (unpaired) electrons. The summed E-state index contributed by atoms with van der Waals surface area (Å²) in [5, 5.41) is 0. The Labute approximate surface area is 57.0 Å². The van der Waals surface area contributed by atoms with Crippen LogP contribution in [0.25, 0.3) is 0 Å². The topological polar surface area (TPSA) is 29.3 Å². The van der Waals surface area contributed by atoms with Gasteiger partial charge in [0.05, 0.1) is 0 Å². The third-order valence-corrected chi connectivity index (χ3v) is 2.27. The van der Waals surface area contributed by atoms with Crippen molar-refractivity contribution in [1.29, 1.82) is 0 Å². The van der Waals surface area contributed by atoms with Crippen LogP contribution in [0.3, 0.4) is 0 Å². The molecule has 1 aliphatic carbocycles. The van der Waals surface area contributed by atoms with E-state index >= 15 is 0 Å². The molecule has 0 aliphatic heterocycles. The van der Waals surface area contributed by atoms with Gasteiger partial charge in [0.15, 0.2) is 0 Å². The van der Waals surface area contributed by atoms with Crippen molar-refractivity contribution in [3.05, 3.63) is 0 Å². The Bertz CT molecular complexity index is 84.9. The van der Waals surface area contributed by atoms with E-state index in [-0.39, 0.29) is 0 Å². The van der Waals surface area contributed by atoms with Gasteiger partial charge in [0, 0.05) is 6.04 Å². The molecule has 2 heteroatoms. The van der Waals surface area contributed by atoms with Crippen molar-refractivity contribution in [2.75, 3.05) is 20.6 Å². The lowest BCUT2D eigenvalue weighted by Crippen LogP contribution is -2.42. The van der Waals surface area contributed by atoms with Crippen LogP contribution in [0.2, 0.25) is 0 Å². The molecular weight excluding hydrogens is 112 g/mol. The molecule has 0 aromatic rings. The maximum absolute atomic E-state index is 5.48. The van der Waals surface area contributed by atoms with Crippen molar-refractivity contribution >= 4 is 0 Å². The Balaban J connectivity index is 2.12. The van der Waals surface area contributed by atoms with Crippen molar-refractivity contribution in [2.24, 2.45) is 11.7 Å². The second kappa shape index (κ2) is 2.67. The summed E-state index contributed by atoms with van der Waals surface area (Å²) in [5.74, 6) is 0.817. The third-order valence-electron chi connectivity index (χ3n) is 2.27. The summed E-state index contributed by atoms with van der Waals surface area (Å²) in [6.45, 7) is 0.879. The van der Waals surface area contributed by atoms with Crippen LogP contribution < -0.4 is 5.73 Å². The number of nitrogens with two attached hydrogens (primary N) is 1. The van der Waals surface area contributed by atoms with Gasteiger partial charge in [-0.15, -0.1) is 0 Å². The maximum atomic E-state index is 5.48. The Morgan fingerprint density at radius 3 is 2.33 bits per heavy atom. The zero-order valence-electron chi connectivity index (χ0n) is 6.30. The highest BCUT2D eigenvalue weighted by Crippen LogP contribution is 2.28. The SMILES string of the molecule is CN(C)C1CC(CN)C1. The maximum Gasteiger partial charge on any atom is 0.00954 e. The van der Waals surface area contributed by atoms with Crippen LogP contribution in [-0.2, 0) is 0 Å². The van der Waals surface area contributed by atoms with Gasteiger partial charge in [0.25, 0.3) is 0 Å². The quantitative estimate of drug-likeness (QED) is 0.579. The van der Waals surface area contributed by atoms with Crippen molar-refractivity contribution in [3.8, 4) is 0 Å². The van der Waals surface area contributed by atoms with Crippen molar-refractivity contribution < 1.29 is 0 Å². The first kappa shape index (κ1) is 7.03. The molecule has 0 aromatic carbocycles. The van der Waals surface area contributed by atoms with Gasteiger partial charge in [-0.25, -0.2) is 0 Å². The molecule has 9 heavy (non-hydrogen) atoms. The summed E-state index contributed by atoms with van der Waals surface area (Å²) in [6, 6.07) is 0.818. The lowest BCUT2D eigenvalue weighted by molar-refractivity contribution is 0.129. The van der Waals surface area contributed by atoms with Crippen LogP contribution in [0.5, 0.6) is 0 Å². The Kier molecular flexibility index (Phi) is 2.09. The van der Waals surface area contributed by atoms with Crippen LogP contribution in [0.15, 0.2) is 0 Å². The molecule has 0 bridgehead atoms. The molecule has 1 saturated carbocycles. The normalized spacial score (nSPS) is 34.7. The lowest BCUT2D eigenvalue weighted by Gasteiger charge is -2.38. The van der Waals surface area contributed by atoms with Gasteiger partial charge < -0.3 is 10.6 Å². The van der Waals surface area contributed by atoms with Crippen molar-refractivity contribution in [1.82, 2.24) is 4.90 Å². The fourth-order valence-corrected chi connectivity index (χ4v) is 1.31. The smallest absolute Gasteiger partial charge is 0.00954 e.